The van der Waals surface area contributed by atoms with E-state index in [0.29, 0.717) is 5.56 Å². The summed E-state index contributed by atoms with van der Waals surface area (Å²) in [6.07, 6.45) is -2.87. The van der Waals surface area contributed by atoms with Gasteiger partial charge in [-0.1, -0.05) is 19.1 Å². The molecule has 0 N–H and O–H groups in total. The molecule has 2 aliphatic heterocycles. The summed E-state index contributed by atoms with van der Waals surface area (Å²) in [6.45, 7) is 4.91. The number of fused-ring (bicyclic) bond motifs is 1. The second-order valence-corrected chi connectivity index (χ2v) is 11.3. The van der Waals surface area contributed by atoms with Crippen molar-refractivity contribution in [3.63, 3.8) is 0 Å². The van der Waals surface area contributed by atoms with Crippen LogP contribution in [0.5, 0.6) is 0 Å². The van der Waals surface area contributed by atoms with Crippen LogP contribution in [0.4, 0.5) is 33.7 Å². The highest BCUT2D eigenvalue weighted by Crippen LogP contribution is 2.48. The van der Waals surface area contributed by atoms with Crippen molar-refractivity contribution >= 4 is 39.2 Å². The van der Waals surface area contributed by atoms with Gasteiger partial charge in [0.1, 0.15) is 11.6 Å². The number of rotatable bonds is 4. The molecule has 2 aliphatic rings. The maximum Gasteiger partial charge on any atom is 0.483 e. The van der Waals surface area contributed by atoms with E-state index in [2.05, 4.69) is 0 Å². The minimum absolute atomic E-state index is 0.0319. The molecule has 0 aliphatic carbocycles. The van der Waals surface area contributed by atoms with Crippen LogP contribution >= 0.6 is 0 Å². The molecular formula is C23H21F4NO5S. The van der Waals surface area contributed by atoms with Crippen molar-refractivity contribution in [1.29, 1.82) is 0 Å². The van der Waals surface area contributed by atoms with Gasteiger partial charge in [-0.25, -0.2) is 22.0 Å². The van der Waals surface area contributed by atoms with Gasteiger partial charge in [0.2, 0.25) is 5.91 Å². The van der Waals surface area contributed by atoms with E-state index in [1.54, 1.807) is 26.8 Å². The summed E-state index contributed by atoms with van der Waals surface area (Å²) in [7, 11) is -3.12. The second-order valence-electron chi connectivity index (χ2n) is 9.24. The van der Waals surface area contributed by atoms with Gasteiger partial charge in [0.05, 0.1) is 28.3 Å². The molecule has 0 bridgehead atoms. The van der Waals surface area contributed by atoms with Crippen LogP contribution in [0.1, 0.15) is 43.1 Å². The molecule has 6 nitrogen and oxygen atoms in total. The summed E-state index contributed by atoms with van der Waals surface area (Å²) < 4.78 is 72.0. The van der Waals surface area contributed by atoms with Crippen LogP contribution in [0.2, 0.25) is 0 Å². The first kappa shape index (κ1) is 25.5. The van der Waals surface area contributed by atoms with Gasteiger partial charge in [-0.2, -0.15) is 0 Å². The number of nitrogens with zero attached hydrogens (tertiary/aromatic N) is 1. The van der Waals surface area contributed by atoms with Crippen molar-refractivity contribution in [3.8, 4) is 0 Å². The molecule has 1 fully saturated rings. The SMILES string of the molecule is CC1(CC(=O)c2cc(F)c3c(c2)C(C)(C)C(=O)N3c2ccccc2F)CS(=O)(=O)C1.O=C(F)F. The molecule has 0 unspecified atom stereocenters. The molecule has 34 heavy (non-hydrogen) atoms. The van der Waals surface area contributed by atoms with Crippen LogP contribution in [0.15, 0.2) is 36.4 Å². The summed E-state index contributed by atoms with van der Waals surface area (Å²) in [4.78, 5) is 35.0. The molecule has 1 amide bonds. The number of amides is 1. The number of hydrogen-bond acceptors (Lipinski definition) is 5. The Morgan fingerprint density at radius 3 is 2.09 bits per heavy atom. The smallest absolute Gasteiger partial charge is 0.294 e. The first-order valence-corrected chi connectivity index (χ1v) is 11.9. The topological polar surface area (TPSA) is 88.6 Å². The summed E-state index contributed by atoms with van der Waals surface area (Å²) in [5, 5.41) is 0. The van der Waals surface area contributed by atoms with E-state index in [1.807, 2.05) is 0 Å². The van der Waals surface area contributed by atoms with E-state index < -0.39 is 44.5 Å². The number of ketones is 1. The number of para-hydroxylation sites is 1. The van der Waals surface area contributed by atoms with Crippen molar-refractivity contribution < 1.29 is 40.4 Å². The van der Waals surface area contributed by atoms with E-state index in [1.165, 1.54) is 24.3 Å². The Labute approximate surface area is 193 Å². The molecule has 0 atom stereocenters. The molecule has 0 spiro atoms. The highest BCUT2D eigenvalue weighted by Gasteiger charge is 2.48. The number of carbonyl (C=O) groups is 3. The number of sulfone groups is 1. The Hall–Kier alpha value is -3.08. The number of hydrogen-bond donors (Lipinski definition) is 0. The lowest BCUT2D eigenvalue weighted by Crippen LogP contribution is -2.47. The van der Waals surface area contributed by atoms with Crippen LogP contribution in [0.25, 0.3) is 0 Å². The first-order valence-electron chi connectivity index (χ1n) is 10.1. The van der Waals surface area contributed by atoms with Gasteiger partial charge in [0, 0.05) is 17.4 Å². The molecule has 0 aromatic heterocycles. The third-order valence-corrected chi connectivity index (χ3v) is 8.11. The molecule has 2 heterocycles. The monoisotopic (exact) mass is 499 g/mol. The molecule has 2 aromatic carbocycles. The van der Waals surface area contributed by atoms with Crippen molar-refractivity contribution in [1.82, 2.24) is 0 Å². The van der Waals surface area contributed by atoms with E-state index in [4.69, 9.17) is 4.79 Å². The zero-order valence-corrected chi connectivity index (χ0v) is 19.3. The fourth-order valence-electron chi connectivity index (χ4n) is 4.43. The Kier molecular flexibility index (Phi) is 6.47. The first-order chi connectivity index (χ1) is 15.6. The Balaban J connectivity index is 0.000000751. The Bertz CT molecular complexity index is 1290. The standard InChI is InChI=1S/C22H21F2NO4S.CF2O/c1-21(2)14-8-13(18(26)10-22(3)11-30(28,29)12-22)9-16(24)19(14)25(20(21)27)17-7-5-4-6-15(17)23;2-1(3)4/h4-9H,10-12H2,1-3H3;. The van der Waals surface area contributed by atoms with Crippen LogP contribution in [0.3, 0.4) is 0 Å². The Morgan fingerprint density at radius 1 is 1.00 bits per heavy atom. The van der Waals surface area contributed by atoms with Gasteiger partial charge >= 0.3 is 6.29 Å². The number of benzene rings is 2. The average molecular weight is 499 g/mol. The van der Waals surface area contributed by atoms with Crippen LogP contribution in [0, 0.1) is 17.0 Å². The van der Waals surface area contributed by atoms with Gasteiger partial charge in [0.15, 0.2) is 15.6 Å². The molecule has 0 saturated carbocycles. The van der Waals surface area contributed by atoms with Gasteiger partial charge in [-0.15, -0.1) is 8.78 Å². The zero-order chi connectivity index (χ0) is 25.6. The quantitative estimate of drug-likeness (QED) is 0.337. The van der Waals surface area contributed by atoms with Crippen molar-refractivity contribution in [2.45, 2.75) is 32.6 Å². The van der Waals surface area contributed by atoms with E-state index >= 15 is 4.39 Å². The average Bonchev–Trinajstić information content (AvgIpc) is 2.87. The van der Waals surface area contributed by atoms with Crippen LogP contribution < -0.4 is 4.90 Å². The third kappa shape index (κ3) is 4.75. The molecule has 182 valence electrons. The number of halogens is 4. The number of carbonyl (C=O) groups excluding carboxylic acids is 3. The summed E-state index contributed by atoms with van der Waals surface area (Å²) >= 11 is 0. The molecule has 1 saturated heterocycles. The van der Waals surface area contributed by atoms with Crippen LogP contribution in [-0.2, 0) is 20.0 Å². The van der Waals surface area contributed by atoms with Gasteiger partial charge in [-0.3, -0.25) is 14.5 Å². The highest BCUT2D eigenvalue weighted by atomic mass is 32.2. The number of Topliss-reactive ketones (excluding diaryl/α,β-unsaturated/α-hetero) is 1. The second kappa shape index (κ2) is 8.61. The van der Waals surface area contributed by atoms with E-state index in [0.717, 1.165) is 11.0 Å². The number of anilines is 2. The normalized spacial score (nSPS) is 18.9. The maximum atomic E-state index is 15.2. The Morgan fingerprint density at radius 2 is 1.56 bits per heavy atom. The minimum atomic E-state index is -3.12. The van der Waals surface area contributed by atoms with Crippen molar-refractivity contribution in [3.05, 3.63) is 59.2 Å². The minimum Gasteiger partial charge on any atom is -0.294 e. The lowest BCUT2D eigenvalue weighted by atomic mass is 9.82. The molecule has 0 radical (unpaired) electrons. The molecule has 2 aromatic rings. The van der Waals surface area contributed by atoms with Crippen molar-refractivity contribution in [2.24, 2.45) is 5.41 Å². The summed E-state index contributed by atoms with van der Waals surface area (Å²) in [5.41, 5.74) is -1.59. The largest absolute Gasteiger partial charge is 0.483 e. The summed E-state index contributed by atoms with van der Waals surface area (Å²) in [5.74, 6) is -2.50. The zero-order valence-electron chi connectivity index (χ0n) is 18.5. The molecular weight excluding hydrogens is 478 g/mol. The van der Waals surface area contributed by atoms with E-state index in [-0.39, 0.29) is 40.6 Å². The summed E-state index contributed by atoms with van der Waals surface area (Å²) in [6, 6.07) is 8.13. The molecule has 4 rings (SSSR count). The van der Waals surface area contributed by atoms with Crippen molar-refractivity contribution in [2.75, 3.05) is 16.4 Å². The predicted molar refractivity (Wildman–Crippen MR) is 116 cm³/mol. The third-order valence-electron chi connectivity index (χ3n) is 5.84. The molecule has 11 heteroatoms. The lowest BCUT2D eigenvalue weighted by Gasteiger charge is -2.37. The lowest BCUT2D eigenvalue weighted by molar-refractivity contribution is -0.121. The van der Waals surface area contributed by atoms with Gasteiger partial charge in [-0.05, 0) is 43.7 Å². The highest BCUT2D eigenvalue weighted by molar-refractivity contribution is 7.92. The fourth-order valence-corrected chi connectivity index (χ4v) is 6.68. The predicted octanol–water partition coefficient (Wildman–Crippen LogP) is 4.97. The fraction of sp³-hybridized carbons (Fsp3) is 0.348. The maximum absolute atomic E-state index is 15.2. The van der Waals surface area contributed by atoms with Crippen LogP contribution in [-0.4, -0.2) is 37.9 Å². The van der Waals surface area contributed by atoms with Gasteiger partial charge < -0.3 is 0 Å². The van der Waals surface area contributed by atoms with E-state index in [9.17, 15) is 31.2 Å². The van der Waals surface area contributed by atoms with Gasteiger partial charge in [0.25, 0.3) is 0 Å².